The van der Waals surface area contributed by atoms with E-state index in [1.807, 2.05) is 6.26 Å². The van der Waals surface area contributed by atoms with Crippen LogP contribution < -0.4 is 10.6 Å². The zero-order chi connectivity index (χ0) is 15.4. The number of hydrogen-bond acceptors (Lipinski definition) is 5. The predicted molar refractivity (Wildman–Crippen MR) is 86.1 cm³/mol. The summed E-state index contributed by atoms with van der Waals surface area (Å²) in [5, 5.41) is 17.2. The molecule has 114 valence electrons. The van der Waals surface area contributed by atoms with E-state index in [-0.39, 0.29) is 17.6 Å². The first kappa shape index (κ1) is 15.6. The molecule has 0 fully saturated rings. The van der Waals surface area contributed by atoms with E-state index in [1.54, 1.807) is 17.8 Å². The molecule has 0 bridgehead atoms. The Bertz CT molecular complexity index is 563. The fourth-order valence-corrected chi connectivity index (χ4v) is 3.09. The van der Waals surface area contributed by atoms with Gasteiger partial charge < -0.3 is 10.6 Å². The SMILES string of the molecule is CCC(CSC)Nc1cc2c(cc1[N+](=O)[O-])NC(=O)CC2. The number of amides is 1. The molecule has 21 heavy (non-hydrogen) atoms. The van der Waals surface area contributed by atoms with Gasteiger partial charge in [-0.3, -0.25) is 14.9 Å². The van der Waals surface area contributed by atoms with Crippen LogP contribution in [0.25, 0.3) is 0 Å². The van der Waals surface area contributed by atoms with Crippen LogP contribution >= 0.6 is 11.8 Å². The van der Waals surface area contributed by atoms with E-state index in [0.717, 1.165) is 17.7 Å². The van der Waals surface area contributed by atoms with E-state index in [9.17, 15) is 14.9 Å². The molecular formula is C14H19N3O3S. The standard InChI is InChI=1S/C14H19N3O3S/c1-3-10(8-21-2)15-12-6-9-4-5-14(18)16-11(9)7-13(12)17(19)20/h6-7,10,15H,3-5,8H2,1-2H3,(H,16,18). The highest BCUT2D eigenvalue weighted by atomic mass is 32.2. The third-order valence-electron chi connectivity index (χ3n) is 3.53. The Hall–Kier alpha value is -1.76. The molecule has 2 N–H and O–H groups in total. The molecule has 0 saturated carbocycles. The summed E-state index contributed by atoms with van der Waals surface area (Å²) < 4.78 is 0. The quantitative estimate of drug-likeness (QED) is 0.623. The summed E-state index contributed by atoms with van der Waals surface area (Å²) in [6.45, 7) is 2.05. The van der Waals surface area contributed by atoms with E-state index in [1.165, 1.54) is 6.07 Å². The maximum absolute atomic E-state index is 11.4. The van der Waals surface area contributed by atoms with E-state index >= 15 is 0 Å². The van der Waals surface area contributed by atoms with Crippen molar-refractivity contribution in [3.63, 3.8) is 0 Å². The summed E-state index contributed by atoms with van der Waals surface area (Å²) >= 11 is 1.71. The Morgan fingerprint density at radius 2 is 2.24 bits per heavy atom. The van der Waals surface area contributed by atoms with Crippen LogP contribution in [0.3, 0.4) is 0 Å². The number of nitro benzene ring substituents is 1. The number of aryl methyl sites for hydroxylation is 1. The molecule has 1 unspecified atom stereocenters. The van der Waals surface area contributed by atoms with Gasteiger partial charge in [-0.1, -0.05) is 6.92 Å². The first-order valence-electron chi connectivity index (χ1n) is 6.91. The second-order valence-electron chi connectivity index (χ2n) is 5.04. The smallest absolute Gasteiger partial charge is 0.294 e. The minimum atomic E-state index is -0.408. The van der Waals surface area contributed by atoms with Crippen LogP contribution in [-0.4, -0.2) is 28.9 Å². The van der Waals surface area contributed by atoms with Crippen molar-refractivity contribution in [3.05, 3.63) is 27.8 Å². The van der Waals surface area contributed by atoms with Crippen LogP contribution in [0, 0.1) is 10.1 Å². The highest BCUT2D eigenvalue weighted by Gasteiger charge is 2.23. The van der Waals surface area contributed by atoms with Gasteiger partial charge in [-0.2, -0.15) is 11.8 Å². The maximum atomic E-state index is 11.4. The summed E-state index contributed by atoms with van der Waals surface area (Å²) in [4.78, 5) is 22.3. The number of rotatable bonds is 6. The number of carbonyl (C=O) groups is 1. The minimum absolute atomic E-state index is 0.00973. The topological polar surface area (TPSA) is 84.3 Å². The number of hydrogen-bond donors (Lipinski definition) is 2. The number of benzene rings is 1. The predicted octanol–water partition coefficient (Wildman–Crippen LogP) is 3.03. The Balaban J connectivity index is 2.35. The van der Waals surface area contributed by atoms with Gasteiger partial charge >= 0.3 is 0 Å². The lowest BCUT2D eigenvalue weighted by Crippen LogP contribution is -2.23. The second-order valence-corrected chi connectivity index (χ2v) is 5.95. The molecule has 0 aromatic heterocycles. The van der Waals surface area contributed by atoms with Crippen LogP contribution in [0.1, 0.15) is 25.3 Å². The van der Waals surface area contributed by atoms with Gasteiger partial charge in [-0.25, -0.2) is 0 Å². The molecule has 2 rings (SSSR count). The molecule has 1 aliphatic heterocycles. The molecular weight excluding hydrogens is 290 g/mol. The molecule has 6 nitrogen and oxygen atoms in total. The third kappa shape index (κ3) is 3.66. The van der Waals surface area contributed by atoms with Crippen molar-refractivity contribution in [2.75, 3.05) is 22.6 Å². The summed E-state index contributed by atoms with van der Waals surface area (Å²) in [5.74, 6) is 0.799. The van der Waals surface area contributed by atoms with Crippen molar-refractivity contribution in [2.45, 2.75) is 32.2 Å². The van der Waals surface area contributed by atoms with Gasteiger partial charge in [-0.05, 0) is 30.7 Å². The molecule has 0 aliphatic carbocycles. The summed E-state index contributed by atoms with van der Waals surface area (Å²) in [6.07, 6.45) is 3.95. The maximum Gasteiger partial charge on any atom is 0.294 e. The lowest BCUT2D eigenvalue weighted by molar-refractivity contribution is -0.383. The van der Waals surface area contributed by atoms with Crippen LogP contribution in [0.5, 0.6) is 0 Å². The average molecular weight is 309 g/mol. The van der Waals surface area contributed by atoms with Crippen LogP contribution in [0.4, 0.5) is 17.1 Å². The van der Waals surface area contributed by atoms with Gasteiger partial charge in [0.1, 0.15) is 5.69 Å². The number of anilines is 2. The summed E-state index contributed by atoms with van der Waals surface area (Å²) in [7, 11) is 0. The fraction of sp³-hybridized carbons (Fsp3) is 0.500. The Morgan fingerprint density at radius 1 is 1.48 bits per heavy atom. The monoisotopic (exact) mass is 309 g/mol. The van der Waals surface area contributed by atoms with Gasteiger partial charge in [0, 0.05) is 24.3 Å². The molecule has 1 aromatic carbocycles. The first-order valence-corrected chi connectivity index (χ1v) is 8.31. The Morgan fingerprint density at radius 3 is 2.86 bits per heavy atom. The number of nitrogens with one attached hydrogen (secondary N) is 2. The van der Waals surface area contributed by atoms with E-state index < -0.39 is 4.92 Å². The number of thioether (sulfide) groups is 1. The van der Waals surface area contributed by atoms with Crippen LogP contribution in [0.15, 0.2) is 12.1 Å². The van der Waals surface area contributed by atoms with Crippen molar-refractivity contribution >= 4 is 34.7 Å². The lowest BCUT2D eigenvalue weighted by atomic mass is 10.0. The zero-order valence-corrected chi connectivity index (χ0v) is 13.0. The summed E-state index contributed by atoms with van der Waals surface area (Å²) in [6, 6.07) is 3.45. The van der Waals surface area contributed by atoms with Crippen molar-refractivity contribution in [2.24, 2.45) is 0 Å². The van der Waals surface area contributed by atoms with Crippen LogP contribution in [-0.2, 0) is 11.2 Å². The highest BCUT2D eigenvalue weighted by Crippen LogP contribution is 2.34. The Labute approximate surface area is 127 Å². The largest absolute Gasteiger partial charge is 0.376 e. The van der Waals surface area contributed by atoms with Gasteiger partial charge in [-0.15, -0.1) is 0 Å². The van der Waals surface area contributed by atoms with Gasteiger partial charge in [0.15, 0.2) is 0 Å². The van der Waals surface area contributed by atoms with Gasteiger partial charge in [0.2, 0.25) is 5.91 Å². The molecule has 0 radical (unpaired) electrons. The lowest BCUT2D eigenvalue weighted by Gasteiger charge is -2.21. The average Bonchev–Trinajstić information content (AvgIpc) is 2.46. The molecule has 1 heterocycles. The second kappa shape index (κ2) is 6.80. The number of nitrogens with zero attached hydrogens (tertiary/aromatic N) is 1. The Kier molecular flexibility index (Phi) is 5.06. The van der Waals surface area contributed by atoms with Crippen molar-refractivity contribution in [1.82, 2.24) is 0 Å². The molecule has 1 aromatic rings. The number of carbonyl (C=O) groups excluding carboxylic acids is 1. The third-order valence-corrected chi connectivity index (χ3v) is 4.27. The zero-order valence-electron chi connectivity index (χ0n) is 12.1. The molecule has 1 amide bonds. The van der Waals surface area contributed by atoms with Gasteiger partial charge in [0.05, 0.1) is 10.6 Å². The van der Waals surface area contributed by atoms with Crippen LogP contribution in [0.2, 0.25) is 0 Å². The highest BCUT2D eigenvalue weighted by molar-refractivity contribution is 7.98. The van der Waals surface area contributed by atoms with E-state index in [0.29, 0.717) is 24.2 Å². The van der Waals surface area contributed by atoms with Crippen molar-refractivity contribution in [3.8, 4) is 0 Å². The van der Waals surface area contributed by atoms with Gasteiger partial charge in [0.25, 0.3) is 5.69 Å². The van der Waals surface area contributed by atoms with Crippen molar-refractivity contribution < 1.29 is 9.72 Å². The fourth-order valence-electron chi connectivity index (χ4n) is 2.37. The normalized spacial score (nSPS) is 15.0. The molecule has 0 spiro atoms. The molecule has 7 heteroatoms. The van der Waals surface area contributed by atoms with E-state index in [2.05, 4.69) is 17.6 Å². The molecule has 1 atom stereocenters. The van der Waals surface area contributed by atoms with Crippen molar-refractivity contribution in [1.29, 1.82) is 0 Å². The number of nitro groups is 1. The first-order chi connectivity index (χ1) is 10.0. The number of fused-ring (bicyclic) bond motifs is 1. The molecule has 1 aliphatic rings. The minimum Gasteiger partial charge on any atom is -0.376 e. The molecule has 0 saturated heterocycles. The summed E-state index contributed by atoms with van der Waals surface area (Å²) in [5.41, 5.74) is 2.05. The van der Waals surface area contributed by atoms with E-state index in [4.69, 9.17) is 0 Å².